The van der Waals surface area contributed by atoms with E-state index in [1.165, 1.54) is 24.5 Å². The number of rotatable bonds is 4. The van der Waals surface area contributed by atoms with Crippen LogP contribution in [0.15, 0.2) is 24.5 Å². The topological polar surface area (TPSA) is 71.5 Å². The maximum atomic E-state index is 12.1. The van der Waals surface area contributed by atoms with Crippen LogP contribution in [0.5, 0.6) is 0 Å². The second-order valence-corrected chi connectivity index (χ2v) is 4.31. The van der Waals surface area contributed by atoms with Gasteiger partial charge in [0, 0.05) is 12.4 Å². The lowest BCUT2D eigenvalue weighted by Gasteiger charge is -2.29. The fraction of sp³-hybridized carbons (Fsp3) is 0.400. The maximum absolute atomic E-state index is 12.1. The number of nitrogens with zero attached hydrogens (tertiary/aromatic N) is 1. The van der Waals surface area contributed by atoms with Crippen molar-refractivity contribution < 1.29 is 27.0 Å². The molecule has 0 radical (unpaired) electrons. The zero-order valence-corrected chi connectivity index (χ0v) is 11.6. The molecule has 0 saturated carbocycles. The van der Waals surface area contributed by atoms with Crippen LogP contribution in [-0.2, 0) is 4.39 Å². The first kappa shape index (κ1) is 20.0. The average Bonchev–Trinajstić information content (AvgIpc) is 2.52. The normalized spacial score (nSPS) is 13.6. The average molecular weight is 302 g/mol. The smallest absolute Gasteiger partial charge is 0.270 e. The summed E-state index contributed by atoms with van der Waals surface area (Å²) in [6, 6.07) is 1.31. The van der Waals surface area contributed by atoms with Crippen LogP contribution in [0, 0.1) is 0 Å². The van der Waals surface area contributed by atoms with E-state index in [1.807, 2.05) is 13.8 Å². The molecular formula is C10H17F3N2O3S. The highest BCUT2D eigenvalue weighted by Gasteiger charge is 2.21. The number of nitrogens with one attached hydrogen (secondary N) is 1. The molecule has 1 aromatic rings. The van der Waals surface area contributed by atoms with Gasteiger partial charge >= 0.3 is 0 Å². The summed E-state index contributed by atoms with van der Waals surface area (Å²) in [6.07, 6.45) is 2.61. The predicted molar refractivity (Wildman–Crippen MR) is 68.5 cm³/mol. The second kappa shape index (κ2) is 11.8. The summed E-state index contributed by atoms with van der Waals surface area (Å²) in [4.78, 5) is 14.9. The SMILES string of the molecule is CC.CF.O=C(NS(O)(CF)OF)c1cccnc1. The Kier molecular flexibility index (Phi) is 12.4. The Labute approximate surface area is 111 Å². The minimum atomic E-state index is -3.82. The van der Waals surface area contributed by atoms with E-state index in [0.29, 0.717) is 7.18 Å². The Balaban J connectivity index is 0. The molecule has 0 aromatic carbocycles. The van der Waals surface area contributed by atoms with Crippen LogP contribution >= 0.6 is 10.8 Å². The van der Waals surface area contributed by atoms with Gasteiger partial charge in [0.05, 0.1) is 12.7 Å². The number of carbonyl (C=O) groups is 1. The second-order valence-electron chi connectivity index (χ2n) is 2.49. The molecule has 0 spiro atoms. The Morgan fingerprint density at radius 1 is 1.53 bits per heavy atom. The van der Waals surface area contributed by atoms with Gasteiger partial charge in [-0.3, -0.25) is 18.7 Å². The number of amides is 1. The number of alkyl halides is 2. The standard InChI is InChI=1S/C7H8F2N2O3S.C2H6.CH3F/c8-5-15(13,14-9)11-7(12)6-2-1-3-10-4-6;2*1-2/h1-4,13H,5H2,(H,11,12);1-2H3;1H3. The number of aromatic nitrogens is 1. The zero-order valence-electron chi connectivity index (χ0n) is 10.8. The molecule has 0 saturated heterocycles. The van der Waals surface area contributed by atoms with Crippen molar-refractivity contribution in [2.75, 3.05) is 13.2 Å². The van der Waals surface area contributed by atoms with Gasteiger partial charge in [0.15, 0.2) is 0 Å². The van der Waals surface area contributed by atoms with Gasteiger partial charge < -0.3 is 0 Å². The first-order valence-corrected chi connectivity index (χ1v) is 6.79. The van der Waals surface area contributed by atoms with Crippen molar-refractivity contribution in [3.05, 3.63) is 30.1 Å². The van der Waals surface area contributed by atoms with Gasteiger partial charge in [-0.05, 0) is 16.7 Å². The van der Waals surface area contributed by atoms with Crippen molar-refractivity contribution in [2.24, 2.45) is 0 Å². The molecule has 2 N–H and O–H groups in total. The van der Waals surface area contributed by atoms with Gasteiger partial charge in [-0.15, -0.1) is 0 Å². The van der Waals surface area contributed by atoms with Gasteiger partial charge in [0.1, 0.15) is 0 Å². The quantitative estimate of drug-likeness (QED) is 0.894. The first-order chi connectivity index (χ1) is 9.11. The molecule has 1 aromatic heterocycles. The first-order valence-electron chi connectivity index (χ1n) is 5.11. The Morgan fingerprint density at radius 2 is 2.11 bits per heavy atom. The molecule has 1 unspecified atom stereocenters. The van der Waals surface area contributed by atoms with Crippen LogP contribution in [0.25, 0.3) is 0 Å². The van der Waals surface area contributed by atoms with Crippen molar-refractivity contribution in [3.8, 4) is 0 Å². The lowest BCUT2D eigenvalue weighted by Crippen LogP contribution is -2.28. The zero-order chi connectivity index (χ0) is 15.3. The Hall–Kier alpha value is -1.32. The van der Waals surface area contributed by atoms with Crippen molar-refractivity contribution in [3.63, 3.8) is 0 Å². The van der Waals surface area contributed by atoms with Gasteiger partial charge in [0.25, 0.3) is 5.91 Å². The summed E-state index contributed by atoms with van der Waals surface area (Å²) in [5, 5.41) is 0. The van der Waals surface area contributed by atoms with E-state index in [0.717, 1.165) is 0 Å². The molecular weight excluding hydrogens is 285 g/mol. The number of halogens is 3. The minimum absolute atomic E-state index is 0.0638. The summed E-state index contributed by atoms with van der Waals surface area (Å²) < 4.78 is 47.1. The van der Waals surface area contributed by atoms with Gasteiger partial charge in [-0.2, -0.15) is 0 Å². The predicted octanol–water partition coefficient (Wildman–Crippen LogP) is 3.36. The molecule has 0 bridgehead atoms. The summed E-state index contributed by atoms with van der Waals surface area (Å²) in [7, 11) is -3.32. The Bertz CT molecular complexity index is 340. The number of hydrogen-bond donors (Lipinski definition) is 2. The molecule has 5 nitrogen and oxygen atoms in total. The molecule has 0 aliphatic rings. The van der Waals surface area contributed by atoms with E-state index in [4.69, 9.17) is 4.55 Å². The van der Waals surface area contributed by atoms with E-state index >= 15 is 0 Å². The van der Waals surface area contributed by atoms with Crippen LogP contribution in [0.2, 0.25) is 0 Å². The molecule has 112 valence electrons. The lowest BCUT2D eigenvalue weighted by atomic mass is 10.3. The molecule has 1 amide bonds. The van der Waals surface area contributed by atoms with Crippen LogP contribution in [-0.4, -0.2) is 28.6 Å². The van der Waals surface area contributed by atoms with Crippen molar-refractivity contribution in [1.29, 1.82) is 0 Å². The third kappa shape index (κ3) is 7.65. The number of hydrogen-bond acceptors (Lipinski definition) is 4. The highest BCUT2D eigenvalue weighted by molar-refractivity contribution is 8.23. The number of pyridine rings is 1. The summed E-state index contributed by atoms with van der Waals surface area (Å²) in [5.74, 6) is -0.865. The molecule has 0 fully saturated rings. The van der Waals surface area contributed by atoms with Crippen LogP contribution < -0.4 is 4.72 Å². The van der Waals surface area contributed by atoms with Crippen LogP contribution in [0.1, 0.15) is 24.2 Å². The van der Waals surface area contributed by atoms with Crippen molar-refractivity contribution in [2.45, 2.75) is 13.8 Å². The van der Waals surface area contributed by atoms with Gasteiger partial charge in [-0.1, -0.05) is 29.0 Å². The van der Waals surface area contributed by atoms with Crippen LogP contribution in [0.4, 0.5) is 13.3 Å². The third-order valence-corrected chi connectivity index (χ3v) is 2.44. The molecule has 0 aliphatic carbocycles. The Morgan fingerprint density at radius 3 is 2.47 bits per heavy atom. The minimum Gasteiger partial charge on any atom is -0.277 e. The van der Waals surface area contributed by atoms with Gasteiger partial charge in [-0.25, -0.2) is 9.11 Å². The summed E-state index contributed by atoms with van der Waals surface area (Å²) >= 11 is 0. The molecule has 19 heavy (non-hydrogen) atoms. The van der Waals surface area contributed by atoms with E-state index in [1.54, 1.807) is 4.72 Å². The fourth-order valence-electron chi connectivity index (χ4n) is 0.761. The summed E-state index contributed by atoms with van der Waals surface area (Å²) in [5.41, 5.74) is 0.0638. The van der Waals surface area contributed by atoms with E-state index in [-0.39, 0.29) is 5.56 Å². The third-order valence-electron chi connectivity index (χ3n) is 1.43. The molecule has 0 aliphatic heterocycles. The van der Waals surface area contributed by atoms with E-state index < -0.39 is 22.7 Å². The molecule has 9 heteroatoms. The van der Waals surface area contributed by atoms with Gasteiger partial charge in [0.2, 0.25) is 6.01 Å². The summed E-state index contributed by atoms with van der Waals surface area (Å²) in [6.45, 7) is 4.00. The largest absolute Gasteiger partial charge is 0.277 e. The highest BCUT2D eigenvalue weighted by Crippen LogP contribution is 2.40. The molecule has 1 heterocycles. The lowest BCUT2D eigenvalue weighted by molar-refractivity contribution is -0.00346. The van der Waals surface area contributed by atoms with Crippen molar-refractivity contribution >= 4 is 16.7 Å². The van der Waals surface area contributed by atoms with Crippen molar-refractivity contribution in [1.82, 2.24) is 9.71 Å². The fourth-order valence-corrected chi connectivity index (χ4v) is 1.29. The van der Waals surface area contributed by atoms with E-state index in [2.05, 4.69) is 9.37 Å². The highest BCUT2D eigenvalue weighted by atomic mass is 32.3. The maximum Gasteiger partial charge on any atom is 0.270 e. The monoisotopic (exact) mass is 302 g/mol. The van der Waals surface area contributed by atoms with E-state index in [9.17, 15) is 18.1 Å². The molecule has 1 rings (SSSR count). The molecule has 1 atom stereocenters. The number of carbonyl (C=O) groups excluding carboxylic acids is 1. The van der Waals surface area contributed by atoms with Crippen LogP contribution in [0.3, 0.4) is 0 Å².